The monoisotopic (exact) mass is 649 g/mol. The molecule has 0 radical (unpaired) electrons. The number of piperidine rings is 1. The van der Waals surface area contributed by atoms with E-state index in [0.29, 0.717) is 45.7 Å². The number of thioether (sulfide) groups is 1. The Balaban J connectivity index is 1.30. The molecule has 1 saturated heterocycles. The molecule has 0 bridgehead atoms. The van der Waals surface area contributed by atoms with E-state index in [0.717, 1.165) is 56.3 Å². The van der Waals surface area contributed by atoms with E-state index in [2.05, 4.69) is 39.0 Å². The standard InChI is InChI=1S/C34H41ClFN7OS/c1-3-16-45-33(38)39-15-14-25-8-5-9-29(40-25)23-10-12-26(13-11-23)43-20-24-19-30(41-32(24)42-34(43)44)27-17-22(7-4-6-21(2)37)18-28(35)31(27)36/h3,10-13,17-21,25,29,40H,1,4-9,14-16,37H2,2H3,(H2,38,39)(H,41,42,44)/t21?,25-,29-/m0/s1. The molecule has 11 heteroatoms. The lowest BCUT2D eigenvalue weighted by Gasteiger charge is -2.31. The van der Waals surface area contributed by atoms with E-state index in [4.69, 9.17) is 23.1 Å². The molecule has 1 fully saturated rings. The lowest BCUT2D eigenvalue weighted by atomic mass is 9.92. The number of amidine groups is 1. The molecule has 6 N–H and O–H groups in total. The second kappa shape index (κ2) is 15.2. The zero-order chi connectivity index (χ0) is 31.9. The maximum atomic E-state index is 15.1. The number of halogens is 2. The van der Waals surface area contributed by atoms with Gasteiger partial charge in [0.15, 0.2) is 11.0 Å². The van der Waals surface area contributed by atoms with Gasteiger partial charge in [-0.2, -0.15) is 4.98 Å². The number of H-pyrrole nitrogens is 1. The van der Waals surface area contributed by atoms with Crippen LogP contribution in [0.25, 0.3) is 28.0 Å². The highest BCUT2D eigenvalue weighted by atomic mass is 35.5. The molecule has 1 aliphatic rings. The number of nitrogens with zero attached hydrogens (tertiary/aromatic N) is 3. The minimum absolute atomic E-state index is 0.0601. The zero-order valence-electron chi connectivity index (χ0n) is 25.6. The Kier molecular flexibility index (Phi) is 11.1. The van der Waals surface area contributed by atoms with Crippen molar-refractivity contribution in [3.63, 3.8) is 0 Å². The van der Waals surface area contributed by atoms with Crippen molar-refractivity contribution in [2.24, 2.45) is 16.5 Å². The van der Waals surface area contributed by atoms with Crippen molar-refractivity contribution in [1.82, 2.24) is 19.9 Å². The molecule has 4 aromatic rings. The fourth-order valence-corrected chi connectivity index (χ4v) is 6.55. The van der Waals surface area contributed by atoms with Crippen LogP contribution in [0, 0.1) is 5.82 Å². The number of hydrogen-bond acceptors (Lipinski definition) is 6. The van der Waals surface area contributed by atoms with Gasteiger partial charge in [0.25, 0.3) is 0 Å². The highest BCUT2D eigenvalue weighted by molar-refractivity contribution is 8.13. The summed E-state index contributed by atoms with van der Waals surface area (Å²) in [5.41, 5.74) is 15.5. The van der Waals surface area contributed by atoms with Crippen molar-refractivity contribution in [3.8, 4) is 16.9 Å². The molecule has 8 nitrogen and oxygen atoms in total. The van der Waals surface area contributed by atoms with Crippen molar-refractivity contribution in [2.75, 3.05) is 12.3 Å². The molecule has 2 aromatic heterocycles. The van der Waals surface area contributed by atoms with Gasteiger partial charge in [-0.1, -0.05) is 48.0 Å². The predicted octanol–water partition coefficient (Wildman–Crippen LogP) is 6.65. The third kappa shape index (κ3) is 8.43. The summed E-state index contributed by atoms with van der Waals surface area (Å²) < 4.78 is 16.7. The fourth-order valence-electron chi connectivity index (χ4n) is 5.84. The van der Waals surface area contributed by atoms with Crippen LogP contribution in [0.15, 0.2) is 71.1 Å². The summed E-state index contributed by atoms with van der Waals surface area (Å²) in [6.45, 7) is 6.37. The van der Waals surface area contributed by atoms with Crippen molar-refractivity contribution >= 4 is 39.6 Å². The lowest BCUT2D eigenvalue weighted by molar-refractivity contribution is 0.315. The Morgan fingerprint density at radius 1 is 1.29 bits per heavy atom. The third-order valence-corrected chi connectivity index (χ3v) is 9.26. The topological polar surface area (TPSA) is 127 Å². The normalized spacial score (nSPS) is 17.9. The van der Waals surface area contributed by atoms with E-state index in [1.807, 2.05) is 25.1 Å². The first-order chi connectivity index (χ1) is 21.7. The summed E-state index contributed by atoms with van der Waals surface area (Å²) in [5.74, 6) is 0.250. The van der Waals surface area contributed by atoms with Crippen LogP contribution in [0.5, 0.6) is 0 Å². The summed E-state index contributed by atoms with van der Waals surface area (Å²) in [7, 11) is 0. The van der Waals surface area contributed by atoms with Gasteiger partial charge in [-0.15, -0.1) is 6.58 Å². The minimum atomic E-state index is -0.511. The van der Waals surface area contributed by atoms with Gasteiger partial charge in [0.05, 0.1) is 16.4 Å². The van der Waals surface area contributed by atoms with Gasteiger partial charge in [-0.25, -0.2) is 9.18 Å². The van der Waals surface area contributed by atoms with Gasteiger partial charge in [-0.3, -0.25) is 9.56 Å². The number of fused-ring (bicyclic) bond motifs is 1. The molecule has 3 atom stereocenters. The van der Waals surface area contributed by atoms with Crippen LogP contribution in [0.1, 0.15) is 62.6 Å². The number of hydrogen-bond donors (Lipinski definition) is 4. The maximum absolute atomic E-state index is 15.1. The molecule has 1 unspecified atom stereocenters. The average molecular weight is 650 g/mol. The van der Waals surface area contributed by atoms with Crippen LogP contribution in [-0.4, -0.2) is 44.1 Å². The van der Waals surface area contributed by atoms with Crippen LogP contribution in [0.4, 0.5) is 4.39 Å². The zero-order valence-corrected chi connectivity index (χ0v) is 27.1. The summed E-state index contributed by atoms with van der Waals surface area (Å²) in [6, 6.07) is 14.0. The number of aryl methyl sites for hydroxylation is 1. The van der Waals surface area contributed by atoms with Crippen molar-refractivity contribution in [3.05, 3.63) is 93.8 Å². The second-order valence-electron chi connectivity index (χ2n) is 11.7. The van der Waals surface area contributed by atoms with E-state index in [9.17, 15) is 4.79 Å². The first kappa shape index (κ1) is 32.9. The van der Waals surface area contributed by atoms with E-state index in [1.165, 1.54) is 21.9 Å². The number of benzene rings is 2. The number of aliphatic imine (C=N–C) groups is 1. The van der Waals surface area contributed by atoms with Gasteiger partial charge in [0.1, 0.15) is 5.65 Å². The Bertz CT molecular complexity index is 1720. The third-order valence-electron chi connectivity index (χ3n) is 8.16. The van der Waals surface area contributed by atoms with Crippen LogP contribution in [0.3, 0.4) is 0 Å². The van der Waals surface area contributed by atoms with Gasteiger partial charge in [0.2, 0.25) is 0 Å². The molecule has 45 heavy (non-hydrogen) atoms. The summed E-state index contributed by atoms with van der Waals surface area (Å²) in [4.78, 5) is 24.9. The summed E-state index contributed by atoms with van der Waals surface area (Å²) >= 11 is 7.77. The van der Waals surface area contributed by atoms with Crippen LogP contribution >= 0.6 is 23.4 Å². The van der Waals surface area contributed by atoms with Crippen LogP contribution in [-0.2, 0) is 6.42 Å². The molecule has 0 saturated carbocycles. The maximum Gasteiger partial charge on any atom is 0.354 e. The van der Waals surface area contributed by atoms with Crippen molar-refractivity contribution in [1.29, 1.82) is 0 Å². The largest absolute Gasteiger partial charge is 0.379 e. The van der Waals surface area contributed by atoms with Gasteiger partial charge >= 0.3 is 5.69 Å². The van der Waals surface area contributed by atoms with E-state index < -0.39 is 11.5 Å². The van der Waals surface area contributed by atoms with E-state index in [1.54, 1.807) is 24.4 Å². The van der Waals surface area contributed by atoms with Gasteiger partial charge in [0, 0.05) is 47.6 Å². The lowest BCUT2D eigenvalue weighted by Crippen LogP contribution is -2.37. The second-order valence-corrected chi connectivity index (χ2v) is 13.2. The van der Waals surface area contributed by atoms with E-state index in [-0.39, 0.29) is 17.1 Å². The highest BCUT2D eigenvalue weighted by Crippen LogP contribution is 2.32. The van der Waals surface area contributed by atoms with Crippen molar-refractivity contribution in [2.45, 2.75) is 70.0 Å². The van der Waals surface area contributed by atoms with Gasteiger partial charge < -0.3 is 21.8 Å². The fraction of sp³-hybridized carbons (Fsp3) is 0.382. The molecule has 0 spiro atoms. The molecule has 0 aliphatic carbocycles. The molecule has 5 rings (SSSR count). The smallest absolute Gasteiger partial charge is 0.354 e. The summed E-state index contributed by atoms with van der Waals surface area (Å²) in [5, 5.41) is 5.12. The number of rotatable bonds is 12. The number of nitrogens with two attached hydrogens (primary N) is 2. The Morgan fingerprint density at radius 2 is 2.09 bits per heavy atom. The Hall–Kier alpha value is -3.44. The first-order valence-corrected chi connectivity index (χ1v) is 16.8. The quantitative estimate of drug-likeness (QED) is 0.0773. The minimum Gasteiger partial charge on any atom is -0.379 e. The van der Waals surface area contributed by atoms with Gasteiger partial charge in [-0.05, 0) is 86.9 Å². The Labute approximate surface area is 272 Å². The number of nitrogens with one attached hydrogen (secondary N) is 2. The summed E-state index contributed by atoms with van der Waals surface area (Å²) in [6.07, 6.45) is 10.3. The van der Waals surface area contributed by atoms with E-state index >= 15 is 4.39 Å². The van der Waals surface area contributed by atoms with Crippen LogP contribution < -0.4 is 22.5 Å². The predicted molar refractivity (Wildman–Crippen MR) is 186 cm³/mol. The molecule has 238 valence electrons. The number of aromatic amines is 1. The first-order valence-electron chi connectivity index (χ1n) is 15.5. The molecular weight excluding hydrogens is 609 g/mol. The molecular formula is C34H41ClFN7OS. The molecule has 3 heterocycles. The average Bonchev–Trinajstić information content (AvgIpc) is 3.44. The van der Waals surface area contributed by atoms with Crippen LogP contribution in [0.2, 0.25) is 5.02 Å². The SMILES string of the molecule is C=CCSC(N)=NCC[C@@H]1CCC[C@@H](c2ccc(-n3cc4cc(-c5cc(CCCC(C)N)cc(Cl)c5F)[nH]c4nc3=O)cc2)N1. The Morgan fingerprint density at radius 3 is 2.84 bits per heavy atom. The molecule has 2 aromatic carbocycles. The highest BCUT2D eigenvalue weighted by Gasteiger charge is 2.22. The molecule has 1 aliphatic heterocycles. The molecule has 0 amide bonds. The number of aromatic nitrogens is 3. The van der Waals surface area contributed by atoms with Crippen molar-refractivity contribution < 1.29 is 4.39 Å².